The average Bonchev–Trinajstić information content (AvgIpc) is 3.09. The topological polar surface area (TPSA) is 368 Å². The van der Waals surface area contributed by atoms with Gasteiger partial charge in [-0.3, -0.25) is 0 Å². The Kier molecular flexibility index (Phi) is 19.1. The number of fused-ring (bicyclic) bond motifs is 5. The van der Waals surface area contributed by atoms with Gasteiger partial charge < -0.3 is 110 Å². The number of aliphatic hydroxyl groups is 15. The minimum absolute atomic E-state index is 0.0352. The molecule has 78 heavy (non-hydrogen) atoms. The fraction of sp³-hybridized carbons (Fsp3) is 0.964. The maximum Gasteiger partial charge on any atom is 0.187 e. The van der Waals surface area contributed by atoms with Gasteiger partial charge >= 0.3 is 0 Å². The van der Waals surface area contributed by atoms with Crippen molar-refractivity contribution in [2.75, 3.05) is 19.8 Å². The molecule has 0 amide bonds. The summed E-state index contributed by atoms with van der Waals surface area (Å²) in [6.45, 7) is 16.6. The normalized spacial score (nSPS) is 51.4. The SMILES string of the molecule is CC[C@H]1O[C@H](OC[C@H]2O[C@@H](O[C@H](CC[C@@H](C)C3CC[C@@]4(C)C5CC=C6C(CC[C@H](O[C@@H]7C[C@H](CO)[C@@H](O)[C@H](O)[C@H]7O)C6(C)C)[C@]5(C)[C@H](O)C[C@]34C)C(C)(C)O)[C@H](O[C@@H]3O[C@H](CO)[C@@H](O)[C@H](O)[C@H]3O)[C@@H](O)[C@@H]2O)[C@H](O)[C@@H](O)[C@@H]1O. The Balaban J connectivity index is 0.987. The lowest BCUT2D eigenvalue weighted by Crippen LogP contribution is -2.65. The summed E-state index contributed by atoms with van der Waals surface area (Å²) in [5.74, 6) is -0.259. The highest BCUT2D eigenvalue weighted by molar-refractivity contribution is 5.32. The van der Waals surface area contributed by atoms with E-state index < -0.39 is 164 Å². The molecule has 0 spiro atoms. The molecule has 8 rings (SSSR count). The second kappa shape index (κ2) is 23.7. The van der Waals surface area contributed by atoms with Crippen LogP contribution in [0.2, 0.25) is 0 Å². The minimum Gasteiger partial charge on any atom is -0.396 e. The van der Waals surface area contributed by atoms with Gasteiger partial charge in [-0.1, -0.05) is 60.1 Å². The summed E-state index contributed by atoms with van der Waals surface area (Å²) in [4.78, 5) is 0. The standard InChI is InChI=1S/C56H96O22/c1-10-29-38(61)43(66)46(69)49(74-29)72-23-32-41(64)45(68)48(78-50-47(70)44(67)40(63)31(22-58)75-50)51(76-32)77-36(53(5,6)71)15-11-24(2)26-17-18-54(7)33-14-12-27-28(56(33,9)34(59)20-55(26,54)8)13-16-35(52(27,3)4)73-30-19-25(21-57)37(60)42(65)39(30)62/h12,24-26,28-51,57-71H,10-11,13-23H2,1-9H3/t24-,25-,26?,28?,29-,30-,31-,32-,33?,34-,35+,36-,37-,38-,39+,40-,41-,42+,43+,44+,45+,46-,47-,48-,49+,50+,51+,54+,55-,56+/m1/s1. The first kappa shape index (κ1) is 62.9. The molecule has 5 aliphatic carbocycles. The average molecular weight is 1120 g/mol. The van der Waals surface area contributed by atoms with Crippen LogP contribution in [0.15, 0.2) is 11.6 Å². The number of allylic oxidation sites excluding steroid dienone is 1. The van der Waals surface area contributed by atoms with Crippen LogP contribution in [0.4, 0.5) is 0 Å². The van der Waals surface area contributed by atoms with Crippen LogP contribution in [0.5, 0.6) is 0 Å². The highest BCUT2D eigenvalue weighted by Crippen LogP contribution is 2.75. The first-order valence-corrected chi connectivity index (χ1v) is 28.8. The van der Waals surface area contributed by atoms with Gasteiger partial charge in [0.05, 0.1) is 55.4 Å². The smallest absolute Gasteiger partial charge is 0.187 e. The summed E-state index contributed by atoms with van der Waals surface area (Å²) in [5.41, 5.74) is -1.78. The van der Waals surface area contributed by atoms with Gasteiger partial charge in [-0.05, 0) is 113 Å². The van der Waals surface area contributed by atoms with Crippen molar-refractivity contribution in [2.45, 2.75) is 267 Å². The Morgan fingerprint density at radius 1 is 0.654 bits per heavy atom. The van der Waals surface area contributed by atoms with E-state index in [1.54, 1.807) is 20.8 Å². The number of hydrogen-bond acceptors (Lipinski definition) is 22. The molecule has 30 atom stereocenters. The molecule has 8 aliphatic rings. The van der Waals surface area contributed by atoms with E-state index in [2.05, 4.69) is 47.6 Å². The van der Waals surface area contributed by atoms with Crippen molar-refractivity contribution in [1.29, 1.82) is 0 Å². The molecule has 452 valence electrons. The first-order valence-electron chi connectivity index (χ1n) is 28.8. The van der Waals surface area contributed by atoms with E-state index in [0.29, 0.717) is 19.3 Å². The highest BCUT2D eigenvalue weighted by atomic mass is 16.8. The van der Waals surface area contributed by atoms with Crippen molar-refractivity contribution in [3.8, 4) is 0 Å². The lowest BCUT2D eigenvalue weighted by Gasteiger charge is -2.67. The molecule has 0 bridgehead atoms. The number of aliphatic hydroxyl groups excluding tert-OH is 14. The predicted octanol–water partition coefficient (Wildman–Crippen LogP) is -1.15. The fourth-order valence-corrected chi connectivity index (χ4v) is 16.3. The zero-order valence-electron chi connectivity index (χ0n) is 46.9. The summed E-state index contributed by atoms with van der Waals surface area (Å²) in [5, 5.41) is 163. The van der Waals surface area contributed by atoms with Crippen LogP contribution in [0, 0.1) is 51.2 Å². The molecule has 3 aliphatic heterocycles. The third-order valence-electron chi connectivity index (χ3n) is 21.5. The molecule has 3 saturated heterocycles. The minimum atomic E-state index is -1.90. The molecular formula is C56H96O22. The summed E-state index contributed by atoms with van der Waals surface area (Å²) < 4.78 is 42.7. The molecule has 0 aromatic rings. The van der Waals surface area contributed by atoms with Gasteiger partial charge in [-0.25, -0.2) is 0 Å². The van der Waals surface area contributed by atoms with E-state index >= 15 is 0 Å². The van der Waals surface area contributed by atoms with Gasteiger partial charge in [0.2, 0.25) is 0 Å². The second-order valence-corrected chi connectivity index (χ2v) is 26.6. The molecule has 4 saturated carbocycles. The molecule has 22 nitrogen and oxygen atoms in total. The quantitative estimate of drug-likeness (QED) is 0.0765. The van der Waals surface area contributed by atoms with Gasteiger partial charge in [0.1, 0.15) is 79.4 Å². The highest BCUT2D eigenvalue weighted by Gasteiger charge is 2.70. The van der Waals surface area contributed by atoms with Crippen molar-refractivity contribution in [3.05, 3.63) is 11.6 Å². The van der Waals surface area contributed by atoms with E-state index in [4.69, 9.17) is 33.2 Å². The lowest BCUT2D eigenvalue weighted by atomic mass is 9.38. The van der Waals surface area contributed by atoms with Crippen LogP contribution >= 0.6 is 0 Å². The summed E-state index contributed by atoms with van der Waals surface area (Å²) in [6, 6.07) is 0. The van der Waals surface area contributed by atoms with Crippen LogP contribution in [0.25, 0.3) is 0 Å². The van der Waals surface area contributed by atoms with E-state index in [1.807, 2.05) is 0 Å². The van der Waals surface area contributed by atoms with Gasteiger partial charge in [-0.15, -0.1) is 0 Å². The second-order valence-electron chi connectivity index (χ2n) is 26.6. The van der Waals surface area contributed by atoms with Crippen LogP contribution in [0.3, 0.4) is 0 Å². The molecule has 3 unspecified atom stereocenters. The number of ether oxygens (including phenoxy) is 7. The Hall–Kier alpha value is -1.14. The maximum absolute atomic E-state index is 12.7. The van der Waals surface area contributed by atoms with Crippen molar-refractivity contribution < 1.29 is 110 Å². The Labute approximate surface area is 458 Å². The van der Waals surface area contributed by atoms with Crippen LogP contribution in [0.1, 0.15) is 127 Å². The van der Waals surface area contributed by atoms with Gasteiger partial charge in [0.15, 0.2) is 18.9 Å². The van der Waals surface area contributed by atoms with Gasteiger partial charge in [0.25, 0.3) is 0 Å². The first-order chi connectivity index (χ1) is 36.4. The molecule has 22 heteroatoms. The van der Waals surface area contributed by atoms with E-state index in [9.17, 15) is 76.6 Å². The zero-order chi connectivity index (χ0) is 57.5. The van der Waals surface area contributed by atoms with Gasteiger partial charge in [-0.2, -0.15) is 0 Å². The maximum atomic E-state index is 12.7. The summed E-state index contributed by atoms with van der Waals surface area (Å²) in [6.07, 6.45) is -22.8. The van der Waals surface area contributed by atoms with Crippen molar-refractivity contribution >= 4 is 0 Å². The summed E-state index contributed by atoms with van der Waals surface area (Å²) in [7, 11) is 0. The Bertz CT molecular complexity index is 2020. The van der Waals surface area contributed by atoms with Crippen molar-refractivity contribution in [1.82, 2.24) is 0 Å². The number of hydrogen-bond donors (Lipinski definition) is 15. The predicted molar refractivity (Wildman–Crippen MR) is 274 cm³/mol. The third kappa shape index (κ3) is 11.0. The van der Waals surface area contributed by atoms with E-state index in [-0.39, 0.29) is 66.5 Å². The molecule has 3 heterocycles. The third-order valence-corrected chi connectivity index (χ3v) is 21.5. The van der Waals surface area contributed by atoms with Crippen molar-refractivity contribution in [2.24, 2.45) is 51.2 Å². The van der Waals surface area contributed by atoms with E-state index in [0.717, 1.165) is 25.7 Å². The molecule has 0 aromatic carbocycles. The monoisotopic (exact) mass is 1120 g/mol. The molecule has 7 fully saturated rings. The van der Waals surface area contributed by atoms with Crippen LogP contribution in [-0.4, -0.2) is 237 Å². The van der Waals surface area contributed by atoms with Crippen LogP contribution in [-0.2, 0) is 33.2 Å². The lowest BCUT2D eigenvalue weighted by molar-refractivity contribution is -0.380. The molecule has 0 aromatic heterocycles. The fourth-order valence-electron chi connectivity index (χ4n) is 16.3. The largest absolute Gasteiger partial charge is 0.396 e. The Morgan fingerprint density at radius 2 is 1.26 bits per heavy atom. The van der Waals surface area contributed by atoms with Crippen LogP contribution < -0.4 is 0 Å². The molecule has 15 N–H and O–H groups in total. The molecule has 0 radical (unpaired) electrons. The molecular weight excluding hydrogens is 1020 g/mol. The zero-order valence-corrected chi connectivity index (χ0v) is 46.9. The summed E-state index contributed by atoms with van der Waals surface area (Å²) >= 11 is 0. The Morgan fingerprint density at radius 3 is 1.88 bits per heavy atom. The van der Waals surface area contributed by atoms with Gasteiger partial charge in [0, 0.05) is 23.4 Å². The van der Waals surface area contributed by atoms with Crippen molar-refractivity contribution in [3.63, 3.8) is 0 Å². The van der Waals surface area contributed by atoms with E-state index in [1.165, 1.54) is 5.57 Å². The number of rotatable bonds is 17.